The molecule has 0 unspecified atom stereocenters. The number of aromatic nitrogens is 2. The van der Waals surface area contributed by atoms with E-state index >= 15 is 0 Å². The molecule has 0 fully saturated rings. The maximum Gasteiger partial charge on any atom is 0 e. The Morgan fingerprint density at radius 3 is 2.22 bits per heavy atom. The molecule has 0 saturated carbocycles. The van der Waals surface area contributed by atoms with Crippen LogP contribution in [0.2, 0.25) is 28.8 Å². The van der Waals surface area contributed by atoms with Gasteiger partial charge in [0.15, 0.2) is 0 Å². The molecule has 3 nitrogen and oxygen atoms in total. The third kappa shape index (κ3) is 5.86. The van der Waals surface area contributed by atoms with Gasteiger partial charge in [-0.3, -0.25) is 0 Å². The third-order valence-electron chi connectivity index (χ3n) is 8.90. The summed E-state index contributed by atoms with van der Waals surface area (Å²) in [4.78, 5) is 9.12. The van der Waals surface area contributed by atoms with E-state index in [1.54, 1.807) is 4.40 Å². The van der Waals surface area contributed by atoms with Gasteiger partial charge in [-0.1, -0.05) is 0 Å². The molecule has 3 aromatic heterocycles. The summed E-state index contributed by atoms with van der Waals surface area (Å²) >= 11 is -4.15. The zero-order valence-corrected chi connectivity index (χ0v) is 33.6. The van der Waals surface area contributed by atoms with Gasteiger partial charge in [-0.2, -0.15) is 0 Å². The molecule has 0 aliphatic carbocycles. The molecule has 1 aliphatic heterocycles. The zero-order valence-electron chi connectivity index (χ0n) is 27.0. The molecule has 0 bridgehead atoms. The molecule has 1 aliphatic rings. The molecular weight excluding hydrogens is 862 g/mol. The molecule has 0 spiro atoms. The predicted molar refractivity (Wildman–Crippen MR) is 194 cm³/mol. The van der Waals surface area contributed by atoms with Crippen LogP contribution in [0.5, 0.6) is 0 Å². The van der Waals surface area contributed by atoms with Gasteiger partial charge in [-0.25, -0.2) is 0 Å². The van der Waals surface area contributed by atoms with E-state index in [0.29, 0.717) is 0 Å². The van der Waals surface area contributed by atoms with Crippen LogP contribution < -0.4 is 13.2 Å². The molecule has 4 heterocycles. The Balaban J connectivity index is 0.000000187. The van der Waals surface area contributed by atoms with Crippen LogP contribution in [0.25, 0.3) is 55.6 Å². The van der Waals surface area contributed by atoms with Crippen molar-refractivity contribution in [1.29, 1.82) is 0 Å². The maximum atomic E-state index is 6.66. The van der Waals surface area contributed by atoms with Crippen LogP contribution >= 0.6 is 0 Å². The monoisotopic (exact) mass is 901 g/mol. The van der Waals surface area contributed by atoms with Crippen molar-refractivity contribution in [3.63, 3.8) is 0 Å². The Labute approximate surface area is 290 Å². The molecule has 0 saturated heterocycles. The summed E-state index contributed by atoms with van der Waals surface area (Å²) in [6, 6.07) is 40.5. The average molecular weight is 898 g/mol. The number of fused-ring (bicyclic) bond motifs is 7. The number of aryl methyl sites for hydroxylation is 1. The average Bonchev–Trinajstić information content (AvgIpc) is 3.54. The number of hydrogen-bond donors (Lipinski definition) is 0. The molecule has 6 heteroatoms. The van der Waals surface area contributed by atoms with Crippen LogP contribution in [0.15, 0.2) is 114 Å². The van der Waals surface area contributed by atoms with E-state index in [9.17, 15) is 0 Å². The van der Waals surface area contributed by atoms with Crippen LogP contribution in [0.3, 0.4) is 0 Å². The summed E-state index contributed by atoms with van der Waals surface area (Å²) in [5, 5.41) is 2.35. The maximum absolute atomic E-state index is 6.66. The van der Waals surface area contributed by atoms with E-state index in [1.165, 1.54) is 30.9 Å². The van der Waals surface area contributed by atoms with Crippen LogP contribution in [-0.4, -0.2) is 36.5 Å². The Morgan fingerprint density at radius 2 is 1.50 bits per heavy atom. The predicted octanol–water partition coefficient (Wildman–Crippen LogP) is 8.65. The zero-order chi connectivity index (χ0) is 31.3. The quantitative estimate of drug-likeness (QED) is 0.132. The molecule has 7 aromatic rings. The van der Waals surface area contributed by atoms with Crippen molar-refractivity contribution in [3.05, 3.63) is 127 Å². The molecule has 231 valence electrons. The first-order valence-electron chi connectivity index (χ1n) is 15.5. The van der Waals surface area contributed by atoms with E-state index in [4.69, 9.17) is 4.42 Å². The number of furan rings is 1. The van der Waals surface area contributed by atoms with Gasteiger partial charge in [0.25, 0.3) is 0 Å². The topological polar surface area (TPSA) is 38.9 Å². The van der Waals surface area contributed by atoms with Crippen molar-refractivity contribution < 1.29 is 24.5 Å². The van der Waals surface area contributed by atoms with E-state index in [2.05, 4.69) is 118 Å². The molecule has 8 rings (SSSR count). The fourth-order valence-corrected chi connectivity index (χ4v) is 15.6. The first kappa shape index (κ1) is 32.6. The third-order valence-corrected chi connectivity index (χ3v) is 20.6. The van der Waals surface area contributed by atoms with Crippen LogP contribution in [0.1, 0.15) is 5.56 Å². The van der Waals surface area contributed by atoms with E-state index in [1.807, 2.05) is 48.8 Å². The van der Waals surface area contributed by atoms with Crippen LogP contribution in [0, 0.1) is 19.1 Å². The minimum atomic E-state index is -2.44. The Kier molecular flexibility index (Phi) is 9.03. The summed E-state index contributed by atoms with van der Waals surface area (Å²) in [6.45, 7) is 2.09. The molecular formula is C40H36Ge2IrN2O-2. The molecule has 4 aromatic carbocycles. The molecule has 1 radical (unpaired) electrons. The van der Waals surface area contributed by atoms with Gasteiger partial charge in [0.05, 0.1) is 0 Å². The molecule has 46 heavy (non-hydrogen) atoms. The first-order valence-corrected chi connectivity index (χ1v) is 29.1. The minimum Gasteiger partial charge on any atom is 0 e. The SMILES string of the molecule is Cc1ccnc(-c2[c-]ccc3c2oc2[c]4c(ccc23)-c2cccc[c]2[Ge]4([CH3])[CH3])c1.[CH3][Ge]([CH3])([CH3])[c]1ccc(-c2[c-]cccc2)nc1.[Ir]. The van der Waals surface area contributed by atoms with Gasteiger partial charge in [0.1, 0.15) is 0 Å². The summed E-state index contributed by atoms with van der Waals surface area (Å²) in [5.41, 5.74) is 9.82. The summed E-state index contributed by atoms with van der Waals surface area (Å²) in [7, 11) is 0. The smallest absolute Gasteiger partial charge is 0 e. The Morgan fingerprint density at radius 1 is 0.717 bits per heavy atom. The van der Waals surface area contributed by atoms with E-state index in [0.717, 1.165) is 39.1 Å². The fourth-order valence-electron chi connectivity index (χ4n) is 6.46. The summed E-state index contributed by atoms with van der Waals surface area (Å²) in [6.07, 6.45) is 3.89. The Bertz CT molecular complexity index is 2180. The van der Waals surface area contributed by atoms with Crippen molar-refractivity contribution in [3.8, 4) is 33.6 Å². The van der Waals surface area contributed by atoms with E-state index in [-0.39, 0.29) is 20.1 Å². The molecule has 0 N–H and O–H groups in total. The van der Waals surface area contributed by atoms with Crippen LogP contribution in [0.4, 0.5) is 0 Å². The standard InChI is InChI=1S/C26H20GeNO.C14H16GeN.Ir/c1-16-13-14-28-23(15-16)21-9-6-8-19-20-12-11-18-17-7-4-5-10-22(17)27(2,3)24(18)26(20)29-25(19)21;1-15(2,3)13-9-10-14(16-11-13)12-7-5-4-6-8-12;/h4-8,10-15H,1-3H3;4-7,9-11H,1-3H3;/q2*-1;. The second-order valence-corrected chi connectivity index (χ2v) is 33.1. The fraction of sp³-hybridized carbons (Fsp3) is 0.150. The van der Waals surface area contributed by atoms with Crippen molar-refractivity contribution in [2.75, 3.05) is 0 Å². The van der Waals surface area contributed by atoms with Crippen molar-refractivity contribution in [2.45, 2.75) is 35.7 Å². The largest absolute Gasteiger partial charge is 0 e. The number of rotatable bonds is 3. The van der Waals surface area contributed by atoms with Gasteiger partial charge >= 0.3 is 273 Å². The molecule has 0 atom stereocenters. The van der Waals surface area contributed by atoms with E-state index < -0.39 is 26.5 Å². The van der Waals surface area contributed by atoms with Gasteiger partial charge < -0.3 is 0 Å². The normalized spacial score (nSPS) is 13.0. The number of benzene rings is 4. The number of nitrogens with zero attached hydrogens (tertiary/aromatic N) is 2. The Hall–Kier alpha value is -3.28. The molecule has 0 amide bonds. The summed E-state index contributed by atoms with van der Waals surface area (Å²) < 4.78 is 11.1. The number of hydrogen-bond acceptors (Lipinski definition) is 3. The van der Waals surface area contributed by atoms with Crippen molar-refractivity contribution in [1.82, 2.24) is 9.97 Å². The second-order valence-electron chi connectivity index (χ2n) is 13.4. The minimum absolute atomic E-state index is 0. The van der Waals surface area contributed by atoms with Gasteiger partial charge in [-0.15, -0.1) is 0 Å². The second kappa shape index (κ2) is 12.7. The van der Waals surface area contributed by atoms with Crippen molar-refractivity contribution >= 4 is 61.7 Å². The van der Waals surface area contributed by atoms with Gasteiger partial charge in [0, 0.05) is 20.1 Å². The summed E-state index contributed by atoms with van der Waals surface area (Å²) in [5.74, 6) is 12.1. The van der Waals surface area contributed by atoms with Gasteiger partial charge in [-0.05, 0) is 0 Å². The van der Waals surface area contributed by atoms with Crippen LogP contribution in [-0.2, 0) is 20.1 Å². The van der Waals surface area contributed by atoms with Crippen molar-refractivity contribution in [2.24, 2.45) is 0 Å². The number of pyridine rings is 2. The first-order chi connectivity index (χ1) is 21.6. The van der Waals surface area contributed by atoms with Gasteiger partial charge in [0.2, 0.25) is 0 Å².